The zero-order valence-corrected chi connectivity index (χ0v) is 16.8. The summed E-state index contributed by atoms with van der Waals surface area (Å²) in [6, 6.07) is 15.2. The Balaban J connectivity index is 1.41. The van der Waals surface area contributed by atoms with Gasteiger partial charge in [0.05, 0.1) is 18.8 Å². The van der Waals surface area contributed by atoms with E-state index >= 15 is 0 Å². The number of rotatable bonds is 8. The highest BCUT2D eigenvalue weighted by Crippen LogP contribution is 2.55. The first-order valence-electron chi connectivity index (χ1n) is 10.2. The smallest absolute Gasteiger partial charge is 0.329 e. The Morgan fingerprint density at radius 2 is 1.83 bits per heavy atom. The van der Waals surface area contributed by atoms with Gasteiger partial charge in [-0.15, -0.1) is 0 Å². The molecule has 2 aliphatic heterocycles. The summed E-state index contributed by atoms with van der Waals surface area (Å²) in [4.78, 5) is 14.1. The molecular formula is C24H25NO5. The van der Waals surface area contributed by atoms with Crippen LogP contribution in [0.15, 0.2) is 48.5 Å². The summed E-state index contributed by atoms with van der Waals surface area (Å²) in [5.74, 6) is 0.446. The van der Waals surface area contributed by atoms with Crippen molar-refractivity contribution in [2.45, 2.75) is 37.7 Å². The van der Waals surface area contributed by atoms with Gasteiger partial charge in [-0.1, -0.05) is 24.3 Å². The number of carboxylic acids is 1. The van der Waals surface area contributed by atoms with Gasteiger partial charge in [0.1, 0.15) is 18.1 Å². The Labute approximate surface area is 176 Å². The van der Waals surface area contributed by atoms with Crippen molar-refractivity contribution in [2.24, 2.45) is 5.41 Å². The normalized spacial score (nSPS) is 24.9. The number of hydrogen-bond donors (Lipinski definition) is 1. The molecular weight excluding hydrogens is 382 g/mol. The molecule has 0 atom stereocenters. The molecule has 0 unspecified atom stereocenters. The van der Waals surface area contributed by atoms with Crippen molar-refractivity contribution < 1.29 is 24.1 Å². The molecule has 3 aliphatic rings. The third-order valence-electron chi connectivity index (χ3n) is 6.32. The molecule has 2 bridgehead atoms. The Morgan fingerprint density at radius 3 is 2.50 bits per heavy atom. The van der Waals surface area contributed by atoms with Crippen LogP contribution in [0.2, 0.25) is 0 Å². The second-order valence-corrected chi connectivity index (χ2v) is 8.22. The lowest BCUT2D eigenvalue weighted by molar-refractivity contribution is -0.194. The molecule has 1 N–H and O–H groups in total. The number of carbonyl (C=O) groups is 1. The summed E-state index contributed by atoms with van der Waals surface area (Å²) < 4.78 is 17.7. The van der Waals surface area contributed by atoms with Gasteiger partial charge in [0.2, 0.25) is 0 Å². The van der Waals surface area contributed by atoms with E-state index in [4.69, 9.17) is 25.9 Å². The SMILES string of the molecule is [C-]#[N+]c1cccc(Oc2cccc(C34CCC(CCOCC(=O)O)(CC3)CO4)c2)c1. The fourth-order valence-corrected chi connectivity index (χ4v) is 4.50. The monoisotopic (exact) mass is 407 g/mol. The van der Waals surface area contributed by atoms with Crippen LogP contribution >= 0.6 is 0 Å². The summed E-state index contributed by atoms with van der Waals surface area (Å²) in [6.45, 7) is 8.03. The second kappa shape index (κ2) is 8.47. The first-order chi connectivity index (χ1) is 14.5. The highest BCUT2D eigenvalue weighted by molar-refractivity contribution is 5.67. The average Bonchev–Trinajstić information content (AvgIpc) is 2.78. The van der Waals surface area contributed by atoms with Gasteiger partial charge >= 0.3 is 5.97 Å². The maximum Gasteiger partial charge on any atom is 0.329 e. The van der Waals surface area contributed by atoms with Crippen molar-refractivity contribution in [3.8, 4) is 11.5 Å². The van der Waals surface area contributed by atoms with Crippen molar-refractivity contribution in [1.29, 1.82) is 0 Å². The van der Waals surface area contributed by atoms with Crippen LogP contribution < -0.4 is 4.74 Å². The molecule has 6 nitrogen and oxygen atoms in total. The third kappa shape index (κ3) is 4.33. The van der Waals surface area contributed by atoms with E-state index in [-0.39, 0.29) is 17.6 Å². The van der Waals surface area contributed by atoms with Gasteiger partial charge in [0.15, 0.2) is 5.69 Å². The van der Waals surface area contributed by atoms with E-state index in [1.807, 2.05) is 30.3 Å². The van der Waals surface area contributed by atoms with Crippen LogP contribution in [0.5, 0.6) is 11.5 Å². The Kier molecular flexibility index (Phi) is 5.76. The van der Waals surface area contributed by atoms with Gasteiger partial charge in [-0.05, 0) is 67.3 Å². The van der Waals surface area contributed by atoms with E-state index in [1.165, 1.54) is 0 Å². The molecule has 156 valence electrons. The molecule has 1 saturated carbocycles. The predicted octanol–water partition coefficient (Wildman–Crippen LogP) is 5.31. The number of carboxylic acid groups (broad SMARTS) is 1. The van der Waals surface area contributed by atoms with Crippen LogP contribution in [0.4, 0.5) is 5.69 Å². The Hall–Kier alpha value is -2.88. The topological polar surface area (TPSA) is 69.4 Å². The van der Waals surface area contributed by atoms with Crippen LogP contribution in [0.3, 0.4) is 0 Å². The highest BCUT2D eigenvalue weighted by Gasteiger charge is 2.50. The maximum absolute atomic E-state index is 10.6. The van der Waals surface area contributed by atoms with Crippen LogP contribution in [-0.2, 0) is 19.9 Å². The lowest BCUT2D eigenvalue weighted by Gasteiger charge is -2.53. The molecule has 0 spiro atoms. The molecule has 3 fully saturated rings. The van der Waals surface area contributed by atoms with Crippen molar-refractivity contribution in [3.05, 3.63) is 65.5 Å². The van der Waals surface area contributed by atoms with Gasteiger partial charge in [0.25, 0.3) is 0 Å². The maximum atomic E-state index is 10.6. The molecule has 2 aromatic carbocycles. The van der Waals surface area contributed by atoms with Gasteiger partial charge in [0, 0.05) is 6.61 Å². The number of nitrogens with zero attached hydrogens (tertiary/aromatic N) is 1. The molecule has 1 aliphatic carbocycles. The molecule has 2 saturated heterocycles. The zero-order valence-electron chi connectivity index (χ0n) is 16.8. The molecule has 2 aromatic rings. The van der Waals surface area contributed by atoms with Gasteiger partial charge in [-0.2, -0.15) is 0 Å². The molecule has 5 rings (SSSR count). The number of benzene rings is 2. The van der Waals surface area contributed by atoms with Crippen molar-refractivity contribution in [1.82, 2.24) is 0 Å². The minimum atomic E-state index is -0.932. The first kappa shape index (κ1) is 20.4. The molecule has 30 heavy (non-hydrogen) atoms. The van der Waals surface area contributed by atoms with E-state index in [0.717, 1.165) is 43.4 Å². The average molecular weight is 407 g/mol. The zero-order chi connectivity index (χ0) is 21.0. The predicted molar refractivity (Wildman–Crippen MR) is 111 cm³/mol. The molecule has 0 aromatic heterocycles. The van der Waals surface area contributed by atoms with Crippen molar-refractivity contribution in [3.63, 3.8) is 0 Å². The van der Waals surface area contributed by atoms with E-state index in [0.29, 0.717) is 24.7 Å². The largest absolute Gasteiger partial charge is 0.480 e. The molecule has 6 heteroatoms. The van der Waals surface area contributed by atoms with Gasteiger partial charge < -0.3 is 19.3 Å². The summed E-state index contributed by atoms with van der Waals surface area (Å²) >= 11 is 0. The number of hydrogen-bond acceptors (Lipinski definition) is 4. The highest BCUT2D eigenvalue weighted by atomic mass is 16.5. The number of aliphatic carboxylic acids is 1. The van der Waals surface area contributed by atoms with Crippen LogP contribution in [0.1, 0.15) is 37.7 Å². The summed E-state index contributed by atoms with van der Waals surface area (Å²) in [6.07, 6.45) is 4.78. The second-order valence-electron chi connectivity index (χ2n) is 8.22. The fraction of sp³-hybridized carbons (Fsp3) is 0.417. The Bertz CT molecular complexity index is 940. The summed E-state index contributed by atoms with van der Waals surface area (Å²) in [5, 5.41) is 8.71. The molecule has 2 heterocycles. The standard InChI is InChI=1S/C24H25NO5/c1-25-19-5-3-7-21(15-19)30-20-6-2-4-18(14-20)24-10-8-23(9-11-24,17-29-24)12-13-28-16-22(26)27/h2-7,14-15H,8-13,16-17H2,(H,26,27). The summed E-state index contributed by atoms with van der Waals surface area (Å²) in [5.41, 5.74) is 1.47. The van der Waals surface area contributed by atoms with E-state index in [9.17, 15) is 4.79 Å². The quantitative estimate of drug-likeness (QED) is 0.475. The van der Waals surface area contributed by atoms with Crippen molar-refractivity contribution in [2.75, 3.05) is 19.8 Å². The minimum Gasteiger partial charge on any atom is -0.480 e. The lowest BCUT2D eigenvalue weighted by Crippen LogP contribution is -2.49. The lowest BCUT2D eigenvalue weighted by atomic mass is 9.63. The molecule has 0 amide bonds. The number of ether oxygens (including phenoxy) is 3. The molecule has 0 radical (unpaired) electrons. The Morgan fingerprint density at radius 1 is 1.10 bits per heavy atom. The van der Waals surface area contributed by atoms with Crippen LogP contribution in [0, 0.1) is 12.0 Å². The van der Waals surface area contributed by atoms with Crippen molar-refractivity contribution >= 4 is 11.7 Å². The fourth-order valence-electron chi connectivity index (χ4n) is 4.50. The van der Waals surface area contributed by atoms with Gasteiger partial charge in [-0.3, -0.25) is 0 Å². The summed E-state index contributed by atoms with van der Waals surface area (Å²) in [7, 11) is 0. The van der Waals surface area contributed by atoms with E-state index < -0.39 is 5.97 Å². The first-order valence-corrected chi connectivity index (χ1v) is 10.2. The van der Waals surface area contributed by atoms with Gasteiger partial charge in [-0.25, -0.2) is 9.64 Å². The number of fused-ring (bicyclic) bond motifs is 3. The minimum absolute atomic E-state index is 0.0918. The van der Waals surface area contributed by atoms with Crippen LogP contribution in [-0.4, -0.2) is 30.9 Å². The third-order valence-corrected chi connectivity index (χ3v) is 6.32. The van der Waals surface area contributed by atoms with E-state index in [1.54, 1.807) is 12.1 Å². The van der Waals surface area contributed by atoms with E-state index in [2.05, 4.69) is 10.9 Å². The van der Waals surface area contributed by atoms with Crippen LogP contribution in [0.25, 0.3) is 4.85 Å².